The Hall–Kier alpha value is -1.92. The molecule has 0 aliphatic carbocycles. The number of anilines is 1. The molecule has 2 aromatic rings. The van der Waals surface area contributed by atoms with E-state index in [0.29, 0.717) is 12.2 Å². The van der Waals surface area contributed by atoms with Crippen LogP contribution in [0.4, 0.5) is 5.69 Å². The van der Waals surface area contributed by atoms with E-state index >= 15 is 0 Å². The predicted molar refractivity (Wildman–Crippen MR) is 83.6 cm³/mol. The van der Waals surface area contributed by atoms with E-state index in [-0.39, 0.29) is 10.9 Å². The summed E-state index contributed by atoms with van der Waals surface area (Å²) in [5.74, 6) is 0. The summed E-state index contributed by atoms with van der Waals surface area (Å²) in [4.78, 5) is 4.19. The van der Waals surface area contributed by atoms with Crippen molar-refractivity contribution in [3.05, 3.63) is 54.4 Å². The van der Waals surface area contributed by atoms with Crippen molar-refractivity contribution in [1.29, 1.82) is 0 Å². The Morgan fingerprint density at radius 2 is 1.81 bits per heavy atom. The molecule has 6 heteroatoms. The Bertz CT molecular complexity index is 687. The molecule has 0 fully saturated rings. The van der Waals surface area contributed by atoms with Crippen molar-refractivity contribution >= 4 is 15.7 Å². The van der Waals surface area contributed by atoms with Gasteiger partial charge < -0.3 is 5.32 Å². The first-order valence-corrected chi connectivity index (χ1v) is 8.28. The van der Waals surface area contributed by atoms with Crippen LogP contribution in [-0.4, -0.2) is 19.9 Å². The Kier molecular flexibility index (Phi) is 4.93. The second kappa shape index (κ2) is 6.69. The third kappa shape index (κ3) is 3.80. The normalized spacial score (nSPS) is 12.9. The Labute approximate surface area is 125 Å². The maximum atomic E-state index is 12.5. The highest BCUT2D eigenvalue weighted by Crippen LogP contribution is 2.23. The van der Waals surface area contributed by atoms with Crippen LogP contribution in [0.2, 0.25) is 0 Å². The van der Waals surface area contributed by atoms with Gasteiger partial charge in [-0.25, -0.2) is 13.1 Å². The molecule has 1 unspecified atom stereocenters. The van der Waals surface area contributed by atoms with Gasteiger partial charge in [-0.3, -0.25) is 4.98 Å². The van der Waals surface area contributed by atoms with E-state index in [1.807, 2.05) is 19.9 Å². The van der Waals surface area contributed by atoms with Crippen LogP contribution < -0.4 is 10.0 Å². The molecule has 0 amide bonds. The van der Waals surface area contributed by atoms with E-state index < -0.39 is 10.0 Å². The lowest BCUT2D eigenvalue weighted by Gasteiger charge is -2.16. The number of para-hydroxylation sites is 1. The van der Waals surface area contributed by atoms with Crippen LogP contribution >= 0.6 is 0 Å². The zero-order valence-electron chi connectivity index (χ0n) is 12.1. The monoisotopic (exact) mass is 305 g/mol. The lowest BCUT2D eigenvalue weighted by Crippen LogP contribution is -2.27. The zero-order chi connectivity index (χ0) is 15.3. The number of aromatic nitrogens is 1. The third-order valence-corrected chi connectivity index (χ3v) is 4.68. The Morgan fingerprint density at radius 3 is 2.48 bits per heavy atom. The predicted octanol–water partition coefficient (Wildman–Crippen LogP) is 2.55. The number of hydrogen-bond acceptors (Lipinski definition) is 4. The standard InChI is InChI=1S/C15H19N3O2S/c1-3-17-14-6-4-5-7-15(14)21(19,20)18-12(2)13-8-10-16-11-9-13/h4-12,17-18H,3H2,1-2H3. The van der Waals surface area contributed by atoms with Gasteiger partial charge in [-0.15, -0.1) is 0 Å². The highest BCUT2D eigenvalue weighted by molar-refractivity contribution is 7.89. The lowest BCUT2D eigenvalue weighted by atomic mass is 10.1. The first kappa shape index (κ1) is 15.5. The lowest BCUT2D eigenvalue weighted by molar-refractivity contribution is 0.567. The topological polar surface area (TPSA) is 71.1 Å². The van der Waals surface area contributed by atoms with E-state index in [1.165, 1.54) is 0 Å². The first-order valence-electron chi connectivity index (χ1n) is 6.79. The molecule has 2 N–H and O–H groups in total. The highest BCUT2D eigenvalue weighted by Gasteiger charge is 2.21. The number of sulfonamides is 1. The number of rotatable bonds is 6. The van der Waals surface area contributed by atoms with Crippen LogP contribution in [0.1, 0.15) is 25.5 Å². The van der Waals surface area contributed by atoms with Gasteiger partial charge in [0.2, 0.25) is 10.0 Å². The summed E-state index contributed by atoms with van der Waals surface area (Å²) in [5, 5.41) is 3.07. The SMILES string of the molecule is CCNc1ccccc1S(=O)(=O)NC(C)c1ccncc1. The molecule has 0 aliphatic heterocycles. The molecule has 0 radical (unpaired) electrons. The maximum absolute atomic E-state index is 12.5. The third-order valence-electron chi connectivity index (χ3n) is 3.08. The van der Waals surface area contributed by atoms with Crippen molar-refractivity contribution in [2.45, 2.75) is 24.8 Å². The van der Waals surface area contributed by atoms with E-state index in [4.69, 9.17) is 0 Å². The molecule has 0 saturated heterocycles. The largest absolute Gasteiger partial charge is 0.384 e. The van der Waals surface area contributed by atoms with Gasteiger partial charge in [0.25, 0.3) is 0 Å². The van der Waals surface area contributed by atoms with E-state index in [2.05, 4.69) is 15.0 Å². The summed E-state index contributed by atoms with van der Waals surface area (Å²) in [6.07, 6.45) is 3.29. The van der Waals surface area contributed by atoms with Crippen molar-refractivity contribution in [3.63, 3.8) is 0 Å². The van der Waals surface area contributed by atoms with Crippen molar-refractivity contribution in [1.82, 2.24) is 9.71 Å². The molecule has 0 aliphatic rings. The molecule has 1 atom stereocenters. The summed E-state index contributed by atoms with van der Waals surface area (Å²) >= 11 is 0. The molecule has 21 heavy (non-hydrogen) atoms. The molecule has 0 spiro atoms. The second-order valence-electron chi connectivity index (χ2n) is 4.65. The van der Waals surface area contributed by atoms with Gasteiger partial charge in [0.05, 0.1) is 5.69 Å². The van der Waals surface area contributed by atoms with Gasteiger partial charge in [0.1, 0.15) is 4.90 Å². The smallest absolute Gasteiger partial charge is 0.243 e. The van der Waals surface area contributed by atoms with Gasteiger partial charge in [-0.1, -0.05) is 12.1 Å². The molecule has 1 aromatic carbocycles. The molecule has 112 valence electrons. The molecule has 1 heterocycles. The van der Waals surface area contributed by atoms with Crippen LogP contribution in [-0.2, 0) is 10.0 Å². The number of nitrogens with zero attached hydrogens (tertiary/aromatic N) is 1. The van der Waals surface area contributed by atoms with Crippen LogP contribution in [0.25, 0.3) is 0 Å². The van der Waals surface area contributed by atoms with Crippen LogP contribution in [0, 0.1) is 0 Å². The fourth-order valence-corrected chi connectivity index (χ4v) is 3.47. The zero-order valence-corrected chi connectivity index (χ0v) is 12.9. The van der Waals surface area contributed by atoms with E-state index in [9.17, 15) is 8.42 Å². The first-order chi connectivity index (χ1) is 10.0. The Balaban J connectivity index is 2.27. The second-order valence-corrected chi connectivity index (χ2v) is 6.33. The molecule has 0 saturated carbocycles. The van der Waals surface area contributed by atoms with Gasteiger partial charge in [0, 0.05) is 25.0 Å². The minimum Gasteiger partial charge on any atom is -0.384 e. The summed E-state index contributed by atoms with van der Waals surface area (Å²) in [5.41, 5.74) is 1.48. The molecule has 2 rings (SSSR count). The van der Waals surface area contributed by atoms with Crippen molar-refractivity contribution < 1.29 is 8.42 Å². The van der Waals surface area contributed by atoms with Crippen LogP contribution in [0.5, 0.6) is 0 Å². The summed E-state index contributed by atoms with van der Waals surface area (Å²) < 4.78 is 27.8. The number of benzene rings is 1. The van der Waals surface area contributed by atoms with Crippen molar-refractivity contribution in [2.75, 3.05) is 11.9 Å². The van der Waals surface area contributed by atoms with Gasteiger partial charge >= 0.3 is 0 Å². The maximum Gasteiger partial charge on any atom is 0.243 e. The highest BCUT2D eigenvalue weighted by atomic mass is 32.2. The average molecular weight is 305 g/mol. The quantitative estimate of drug-likeness (QED) is 0.860. The van der Waals surface area contributed by atoms with E-state index in [0.717, 1.165) is 5.56 Å². The summed E-state index contributed by atoms with van der Waals surface area (Å²) in [6, 6.07) is 10.1. The van der Waals surface area contributed by atoms with Crippen molar-refractivity contribution in [3.8, 4) is 0 Å². The van der Waals surface area contributed by atoms with Gasteiger partial charge in [-0.2, -0.15) is 0 Å². The van der Waals surface area contributed by atoms with Crippen LogP contribution in [0.3, 0.4) is 0 Å². The molecule has 1 aromatic heterocycles. The molecule has 5 nitrogen and oxygen atoms in total. The summed E-state index contributed by atoms with van der Waals surface area (Å²) in [7, 11) is -3.59. The minimum absolute atomic E-state index is 0.257. The molecular weight excluding hydrogens is 286 g/mol. The van der Waals surface area contributed by atoms with Crippen LogP contribution in [0.15, 0.2) is 53.7 Å². The van der Waals surface area contributed by atoms with E-state index in [1.54, 1.807) is 42.7 Å². The fourth-order valence-electron chi connectivity index (χ4n) is 2.05. The van der Waals surface area contributed by atoms with Crippen molar-refractivity contribution in [2.24, 2.45) is 0 Å². The number of pyridine rings is 1. The molecule has 0 bridgehead atoms. The number of hydrogen-bond donors (Lipinski definition) is 2. The summed E-state index contributed by atoms with van der Waals surface area (Å²) in [6.45, 7) is 4.39. The average Bonchev–Trinajstić information content (AvgIpc) is 2.48. The van der Waals surface area contributed by atoms with Gasteiger partial charge in [-0.05, 0) is 43.7 Å². The molecular formula is C15H19N3O2S. The Morgan fingerprint density at radius 1 is 1.14 bits per heavy atom. The van der Waals surface area contributed by atoms with Gasteiger partial charge in [0.15, 0.2) is 0 Å². The number of nitrogens with one attached hydrogen (secondary N) is 2. The minimum atomic E-state index is -3.59. The fraction of sp³-hybridized carbons (Fsp3) is 0.267.